The van der Waals surface area contributed by atoms with Gasteiger partial charge in [-0.05, 0) is 6.42 Å². The lowest BCUT2D eigenvalue weighted by Gasteiger charge is -2.15. The molecule has 0 radical (unpaired) electrons. The van der Waals surface area contributed by atoms with E-state index in [9.17, 15) is 0 Å². The highest BCUT2D eigenvalue weighted by atomic mass is 16.5. The molecule has 5 nitrogen and oxygen atoms in total. The minimum absolute atomic E-state index is 0.749. The zero-order valence-corrected chi connectivity index (χ0v) is 10.8. The average molecular weight is 236 g/mol. The molecule has 2 rings (SSSR count). The first-order valence-corrected chi connectivity index (χ1v) is 6.22. The summed E-state index contributed by atoms with van der Waals surface area (Å²) in [6, 6.07) is 0. The molecule has 0 amide bonds. The monoisotopic (exact) mass is 236 g/mol. The molecule has 2 heterocycles. The predicted octanol–water partition coefficient (Wildman–Crippen LogP) is 1.19. The Hall–Kier alpha value is -1.52. The fourth-order valence-electron chi connectivity index (χ4n) is 2.03. The topological polar surface area (TPSA) is 53.7 Å². The first-order chi connectivity index (χ1) is 8.26. The molecule has 0 spiro atoms. The molecule has 1 aromatic heterocycles. The summed E-state index contributed by atoms with van der Waals surface area (Å²) in [6.45, 7) is 6.80. The molecule has 0 saturated carbocycles. The van der Waals surface area contributed by atoms with Gasteiger partial charge in [0, 0.05) is 32.1 Å². The highest BCUT2D eigenvalue weighted by Gasteiger charge is 2.16. The fourth-order valence-corrected chi connectivity index (χ4v) is 2.03. The zero-order chi connectivity index (χ0) is 12.3. The molecule has 5 heteroatoms. The van der Waals surface area contributed by atoms with Crippen LogP contribution in [0.5, 0.6) is 0 Å². The Morgan fingerprint density at radius 2 is 2.18 bits per heavy atom. The van der Waals surface area contributed by atoms with Crippen molar-refractivity contribution < 1.29 is 4.52 Å². The largest absolute Gasteiger partial charge is 0.361 e. The van der Waals surface area contributed by atoms with E-state index in [1.54, 1.807) is 0 Å². The van der Waals surface area contributed by atoms with Crippen molar-refractivity contribution in [3.63, 3.8) is 0 Å². The van der Waals surface area contributed by atoms with E-state index in [1.165, 1.54) is 5.56 Å². The minimum Gasteiger partial charge on any atom is -0.361 e. The Morgan fingerprint density at radius 1 is 1.35 bits per heavy atom. The van der Waals surface area contributed by atoms with Crippen LogP contribution in [0.1, 0.15) is 30.9 Å². The SMILES string of the molecule is CCc1noc(CC)c1CNC1=NCCN1C. The summed E-state index contributed by atoms with van der Waals surface area (Å²) in [5, 5.41) is 7.46. The van der Waals surface area contributed by atoms with Crippen molar-refractivity contribution in [3.05, 3.63) is 17.0 Å². The van der Waals surface area contributed by atoms with Crippen molar-refractivity contribution in [2.45, 2.75) is 33.2 Å². The van der Waals surface area contributed by atoms with Crippen LogP contribution in [0.15, 0.2) is 9.52 Å². The Morgan fingerprint density at radius 3 is 2.76 bits per heavy atom. The molecule has 1 N–H and O–H groups in total. The Labute approximate surface area is 102 Å². The molecule has 1 aliphatic rings. The molecule has 17 heavy (non-hydrogen) atoms. The van der Waals surface area contributed by atoms with Gasteiger partial charge in [-0.25, -0.2) is 0 Å². The van der Waals surface area contributed by atoms with Gasteiger partial charge in [0.2, 0.25) is 0 Å². The second-order valence-corrected chi connectivity index (χ2v) is 4.22. The lowest BCUT2D eigenvalue weighted by molar-refractivity contribution is 0.380. The van der Waals surface area contributed by atoms with Crippen LogP contribution in [-0.2, 0) is 19.4 Å². The highest BCUT2D eigenvalue weighted by molar-refractivity contribution is 5.81. The molecule has 0 aliphatic carbocycles. The molecule has 0 saturated heterocycles. The number of guanidine groups is 1. The van der Waals surface area contributed by atoms with E-state index in [-0.39, 0.29) is 0 Å². The van der Waals surface area contributed by atoms with E-state index in [2.05, 4.69) is 34.2 Å². The van der Waals surface area contributed by atoms with Gasteiger partial charge in [-0.1, -0.05) is 19.0 Å². The van der Waals surface area contributed by atoms with E-state index in [0.29, 0.717) is 0 Å². The Balaban J connectivity index is 2.05. The van der Waals surface area contributed by atoms with E-state index < -0.39 is 0 Å². The second-order valence-electron chi connectivity index (χ2n) is 4.22. The summed E-state index contributed by atoms with van der Waals surface area (Å²) in [6.07, 6.45) is 1.79. The van der Waals surface area contributed by atoms with Crippen LogP contribution in [0.2, 0.25) is 0 Å². The van der Waals surface area contributed by atoms with Gasteiger partial charge < -0.3 is 14.7 Å². The van der Waals surface area contributed by atoms with Gasteiger partial charge in [0.25, 0.3) is 0 Å². The smallest absolute Gasteiger partial charge is 0.194 e. The number of aryl methyl sites for hydroxylation is 2. The van der Waals surface area contributed by atoms with Crippen molar-refractivity contribution in [3.8, 4) is 0 Å². The molecule has 0 bridgehead atoms. The molecule has 0 atom stereocenters. The number of nitrogens with zero attached hydrogens (tertiary/aromatic N) is 3. The van der Waals surface area contributed by atoms with Crippen molar-refractivity contribution in [2.75, 3.05) is 20.1 Å². The highest BCUT2D eigenvalue weighted by Crippen LogP contribution is 2.15. The molecule has 94 valence electrons. The van der Waals surface area contributed by atoms with E-state index in [0.717, 1.165) is 49.9 Å². The normalized spacial score (nSPS) is 15.2. The molecule has 1 aromatic rings. The first-order valence-electron chi connectivity index (χ1n) is 6.22. The lowest BCUT2D eigenvalue weighted by Crippen LogP contribution is -2.35. The van der Waals surface area contributed by atoms with Crippen LogP contribution in [0, 0.1) is 0 Å². The molecule has 0 unspecified atom stereocenters. The van der Waals surface area contributed by atoms with Crippen LogP contribution < -0.4 is 5.32 Å². The lowest BCUT2D eigenvalue weighted by atomic mass is 10.1. The van der Waals surface area contributed by atoms with Crippen LogP contribution in [-0.4, -0.2) is 36.2 Å². The van der Waals surface area contributed by atoms with Crippen LogP contribution >= 0.6 is 0 Å². The standard InChI is InChI=1S/C12H20N4O/c1-4-10-9(11(5-2)17-15-10)8-14-12-13-6-7-16(12)3/h4-8H2,1-3H3,(H,13,14). The van der Waals surface area contributed by atoms with E-state index in [1.807, 2.05) is 7.05 Å². The quantitative estimate of drug-likeness (QED) is 0.853. The third-order valence-corrected chi connectivity index (χ3v) is 3.09. The number of rotatable bonds is 4. The zero-order valence-electron chi connectivity index (χ0n) is 10.8. The number of aliphatic imine (C=N–C) groups is 1. The Bertz CT molecular complexity index is 389. The number of hydrogen-bond acceptors (Lipinski definition) is 5. The summed E-state index contributed by atoms with van der Waals surface area (Å²) >= 11 is 0. The minimum atomic E-state index is 0.749. The van der Waals surface area contributed by atoms with Crippen molar-refractivity contribution in [1.82, 2.24) is 15.4 Å². The number of aromatic nitrogens is 1. The third-order valence-electron chi connectivity index (χ3n) is 3.09. The van der Waals surface area contributed by atoms with Gasteiger partial charge in [0.1, 0.15) is 5.76 Å². The molecule has 0 fully saturated rings. The second kappa shape index (κ2) is 5.21. The maximum Gasteiger partial charge on any atom is 0.194 e. The van der Waals surface area contributed by atoms with E-state index in [4.69, 9.17) is 4.52 Å². The molecule has 1 aliphatic heterocycles. The summed E-state index contributed by atoms with van der Waals surface area (Å²) in [7, 11) is 2.05. The average Bonchev–Trinajstić information content (AvgIpc) is 2.92. The maximum absolute atomic E-state index is 5.33. The number of nitrogens with one attached hydrogen (secondary N) is 1. The summed E-state index contributed by atoms with van der Waals surface area (Å²) < 4.78 is 5.33. The van der Waals surface area contributed by atoms with Gasteiger partial charge in [0.15, 0.2) is 5.96 Å². The fraction of sp³-hybridized carbons (Fsp3) is 0.667. The predicted molar refractivity (Wildman–Crippen MR) is 67.0 cm³/mol. The number of hydrogen-bond donors (Lipinski definition) is 1. The number of likely N-dealkylation sites (N-methyl/N-ethyl adjacent to an activating group) is 1. The molecular weight excluding hydrogens is 216 g/mol. The maximum atomic E-state index is 5.33. The van der Waals surface area contributed by atoms with Crippen LogP contribution in [0.3, 0.4) is 0 Å². The van der Waals surface area contributed by atoms with Gasteiger partial charge in [-0.3, -0.25) is 4.99 Å². The van der Waals surface area contributed by atoms with Gasteiger partial charge in [-0.2, -0.15) is 0 Å². The Kier molecular flexibility index (Phi) is 3.66. The van der Waals surface area contributed by atoms with Crippen molar-refractivity contribution in [2.24, 2.45) is 4.99 Å². The first kappa shape index (κ1) is 12.0. The van der Waals surface area contributed by atoms with Gasteiger partial charge in [-0.15, -0.1) is 0 Å². The summed E-state index contributed by atoms with van der Waals surface area (Å²) in [5.74, 6) is 1.95. The summed E-state index contributed by atoms with van der Waals surface area (Å²) in [5.41, 5.74) is 2.24. The summed E-state index contributed by atoms with van der Waals surface area (Å²) in [4.78, 5) is 6.54. The van der Waals surface area contributed by atoms with Crippen molar-refractivity contribution in [1.29, 1.82) is 0 Å². The van der Waals surface area contributed by atoms with Gasteiger partial charge in [0.05, 0.1) is 12.2 Å². The van der Waals surface area contributed by atoms with E-state index >= 15 is 0 Å². The molecular formula is C12H20N4O. The van der Waals surface area contributed by atoms with Crippen LogP contribution in [0.25, 0.3) is 0 Å². The third kappa shape index (κ3) is 2.43. The molecule has 0 aromatic carbocycles. The van der Waals surface area contributed by atoms with Crippen LogP contribution in [0.4, 0.5) is 0 Å². The van der Waals surface area contributed by atoms with Gasteiger partial charge >= 0.3 is 0 Å². The van der Waals surface area contributed by atoms with Crippen molar-refractivity contribution >= 4 is 5.96 Å².